The minimum Gasteiger partial charge on any atom is -0.493 e. The lowest BCUT2D eigenvalue weighted by atomic mass is 9.84. The normalized spacial score (nSPS) is 16.6. The van der Waals surface area contributed by atoms with Crippen LogP contribution in [0.4, 0.5) is 4.79 Å². The fourth-order valence-electron chi connectivity index (χ4n) is 5.66. The van der Waals surface area contributed by atoms with Crippen LogP contribution in [0, 0.1) is 5.92 Å². The molecule has 8 nitrogen and oxygen atoms in total. The van der Waals surface area contributed by atoms with Crippen LogP contribution in [0.25, 0.3) is 0 Å². The van der Waals surface area contributed by atoms with Crippen LogP contribution in [0.5, 0.6) is 5.75 Å². The number of methoxy groups -OCH3 is 1. The largest absolute Gasteiger partial charge is 0.493 e. The van der Waals surface area contributed by atoms with Crippen molar-refractivity contribution in [3.05, 3.63) is 63.7 Å². The summed E-state index contributed by atoms with van der Waals surface area (Å²) in [6.45, 7) is 1.78. The Morgan fingerprint density at radius 1 is 1.15 bits per heavy atom. The van der Waals surface area contributed by atoms with Crippen LogP contribution in [-0.4, -0.2) is 58.5 Å². The zero-order valence-electron chi connectivity index (χ0n) is 22.9. The fourth-order valence-corrected chi connectivity index (χ4v) is 5.86. The molecule has 9 heteroatoms. The number of amides is 2. The van der Waals surface area contributed by atoms with Gasteiger partial charge in [-0.25, -0.2) is 4.79 Å². The van der Waals surface area contributed by atoms with Crippen LogP contribution < -0.4 is 20.7 Å². The lowest BCUT2D eigenvalue weighted by molar-refractivity contribution is 0.0799. The number of hydrogen-bond acceptors (Lipinski definition) is 6. The van der Waals surface area contributed by atoms with E-state index in [-0.39, 0.29) is 25.1 Å². The number of nitrogens with one attached hydrogen (secondary N) is 3. The van der Waals surface area contributed by atoms with Crippen molar-refractivity contribution in [3.63, 3.8) is 0 Å². The molecule has 2 unspecified atom stereocenters. The van der Waals surface area contributed by atoms with E-state index in [0.29, 0.717) is 28.9 Å². The van der Waals surface area contributed by atoms with Crippen molar-refractivity contribution in [2.24, 2.45) is 5.92 Å². The lowest BCUT2D eigenvalue weighted by Crippen LogP contribution is -2.42. The Morgan fingerprint density at radius 3 is 2.72 bits per heavy atom. The molecule has 1 aliphatic carbocycles. The Morgan fingerprint density at radius 2 is 1.97 bits per heavy atom. The third-order valence-corrected chi connectivity index (χ3v) is 7.75. The molecule has 0 aromatic heterocycles. The summed E-state index contributed by atoms with van der Waals surface area (Å²) < 4.78 is 16.9. The summed E-state index contributed by atoms with van der Waals surface area (Å²) in [5.74, 6) is 1.23. The molecule has 39 heavy (non-hydrogen) atoms. The lowest BCUT2D eigenvalue weighted by Gasteiger charge is -2.27. The molecule has 1 heterocycles. The van der Waals surface area contributed by atoms with Gasteiger partial charge in [0.15, 0.2) is 0 Å². The number of hydrogen-bond donors (Lipinski definition) is 3. The van der Waals surface area contributed by atoms with E-state index in [4.69, 9.17) is 21.1 Å². The molecular weight excluding hydrogens is 518 g/mol. The number of likely N-dealkylation sites (N-methyl/N-ethyl adjacent to an activating group) is 1. The third-order valence-electron chi connectivity index (χ3n) is 7.52. The SMILES string of the molecule is CNCC(CC1CCCCC1)NC(=O)c1cc2c(c(C(OCCNC(=O)OC)c3cccc(Cl)c3)c1)CCO2. The first-order valence-electron chi connectivity index (χ1n) is 13.9. The van der Waals surface area contributed by atoms with E-state index in [9.17, 15) is 9.59 Å². The number of benzene rings is 2. The Balaban J connectivity index is 1.59. The molecule has 1 aliphatic heterocycles. The average molecular weight is 558 g/mol. The van der Waals surface area contributed by atoms with E-state index in [1.165, 1.54) is 39.2 Å². The van der Waals surface area contributed by atoms with Crippen LogP contribution >= 0.6 is 11.6 Å². The highest BCUT2D eigenvalue weighted by atomic mass is 35.5. The number of fused-ring (bicyclic) bond motifs is 1. The number of carbonyl (C=O) groups is 2. The highest BCUT2D eigenvalue weighted by Gasteiger charge is 2.28. The minimum absolute atomic E-state index is 0.0487. The van der Waals surface area contributed by atoms with E-state index in [0.717, 1.165) is 36.1 Å². The maximum Gasteiger partial charge on any atom is 0.406 e. The summed E-state index contributed by atoms with van der Waals surface area (Å²) in [6, 6.07) is 11.3. The zero-order chi connectivity index (χ0) is 27.6. The van der Waals surface area contributed by atoms with Crippen molar-refractivity contribution >= 4 is 23.6 Å². The van der Waals surface area contributed by atoms with E-state index >= 15 is 0 Å². The standard InChI is InChI=1S/C30H40ClN3O5/c1-32-19-24(15-20-7-4-3-5-8-20)34-29(35)22-17-26(25-11-13-38-27(25)18-22)28(21-9-6-10-23(31)16-21)39-14-12-33-30(36)37-2/h6,9-10,16-18,20,24,28,32H,3-5,7-8,11-15,19H2,1-2H3,(H,33,36)(H,34,35). The minimum atomic E-state index is -0.518. The Kier molecular flexibility index (Phi) is 10.9. The second kappa shape index (κ2) is 14.5. The molecular formula is C30H40ClN3O5. The topological polar surface area (TPSA) is 97.9 Å². The molecule has 0 spiro atoms. The molecule has 0 saturated heterocycles. The van der Waals surface area contributed by atoms with Gasteiger partial charge in [0.1, 0.15) is 11.9 Å². The van der Waals surface area contributed by atoms with Crippen LogP contribution in [-0.2, 0) is 15.9 Å². The molecule has 0 radical (unpaired) electrons. The predicted octanol–water partition coefficient (Wildman–Crippen LogP) is 5.03. The van der Waals surface area contributed by atoms with Crippen LogP contribution in [0.3, 0.4) is 0 Å². The van der Waals surface area contributed by atoms with Gasteiger partial charge in [0, 0.05) is 41.7 Å². The van der Waals surface area contributed by atoms with Gasteiger partial charge in [0.05, 0.1) is 20.3 Å². The van der Waals surface area contributed by atoms with Crippen molar-refractivity contribution in [2.75, 3.05) is 40.5 Å². The molecule has 1 fully saturated rings. The first kappa shape index (κ1) is 29.2. The predicted molar refractivity (Wildman–Crippen MR) is 152 cm³/mol. The summed E-state index contributed by atoms with van der Waals surface area (Å²) in [6.07, 6.45) is 7.00. The van der Waals surface area contributed by atoms with E-state index in [1.54, 1.807) is 0 Å². The Labute approximate surface area is 236 Å². The highest BCUT2D eigenvalue weighted by Crippen LogP contribution is 2.38. The van der Waals surface area contributed by atoms with Crippen LogP contribution in [0.15, 0.2) is 36.4 Å². The first-order chi connectivity index (χ1) is 19.0. The molecule has 2 atom stereocenters. The monoisotopic (exact) mass is 557 g/mol. The first-order valence-corrected chi connectivity index (χ1v) is 14.3. The summed E-state index contributed by atoms with van der Waals surface area (Å²) in [4.78, 5) is 25.1. The molecule has 1 saturated carbocycles. The van der Waals surface area contributed by atoms with Gasteiger partial charge in [-0.3, -0.25) is 4.79 Å². The van der Waals surface area contributed by atoms with Gasteiger partial charge in [-0.15, -0.1) is 0 Å². The molecule has 2 amide bonds. The molecule has 2 aromatic carbocycles. The smallest absolute Gasteiger partial charge is 0.406 e. The van der Waals surface area contributed by atoms with Gasteiger partial charge in [0.2, 0.25) is 0 Å². The summed E-state index contributed by atoms with van der Waals surface area (Å²) in [5, 5.41) is 9.76. The van der Waals surface area contributed by atoms with E-state index in [2.05, 4.69) is 20.7 Å². The Hall–Kier alpha value is -2.81. The summed E-state index contributed by atoms with van der Waals surface area (Å²) in [7, 11) is 3.24. The van der Waals surface area contributed by atoms with Crippen LogP contribution in [0.1, 0.15) is 71.7 Å². The zero-order valence-corrected chi connectivity index (χ0v) is 23.6. The molecule has 0 bridgehead atoms. The molecule has 3 N–H and O–H groups in total. The number of rotatable bonds is 12. The van der Waals surface area contributed by atoms with E-state index in [1.807, 2.05) is 43.4 Å². The van der Waals surface area contributed by atoms with Crippen molar-refractivity contribution in [3.8, 4) is 5.75 Å². The average Bonchev–Trinajstić information content (AvgIpc) is 3.42. The summed E-state index contributed by atoms with van der Waals surface area (Å²) >= 11 is 6.34. The van der Waals surface area contributed by atoms with Gasteiger partial charge in [-0.2, -0.15) is 0 Å². The molecule has 2 aliphatic rings. The highest BCUT2D eigenvalue weighted by molar-refractivity contribution is 6.30. The second-order valence-electron chi connectivity index (χ2n) is 10.3. The molecule has 2 aromatic rings. The second-order valence-corrected chi connectivity index (χ2v) is 10.8. The number of ether oxygens (including phenoxy) is 3. The van der Waals surface area contributed by atoms with Crippen molar-refractivity contribution in [2.45, 2.75) is 57.1 Å². The van der Waals surface area contributed by atoms with Crippen LogP contribution in [0.2, 0.25) is 5.02 Å². The van der Waals surface area contributed by atoms with E-state index < -0.39 is 12.2 Å². The number of halogens is 1. The maximum atomic E-state index is 13.6. The summed E-state index contributed by atoms with van der Waals surface area (Å²) in [5.41, 5.74) is 3.29. The number of alkyl carbamates (subject to hydrolysis) is 1. The quantitative estimate of drug-likeness (QED) is 0.317. The number of carbonyl (C=O) groups excluding carboxylic acids is 2. The maximum absolute atomic E-state index is 13.6. The van der Waals surface area contributed by atoms with Gasteiger partial charge < -0.3 is 30.2 Å². The van der Waals surface area contributed by atoms with Crippen molar-refractivity contribution in [1.29, 1.82) is 0 Å². The van der Waals surface area contributed by atoms with Gasteiger partial charge in [-0.05, 0) is 54.8 Å². The fraction of sp³-hybridized carbons (Fsp3) is 0.533. The molecule has 212 valence electrons. The van der Waals surface area contributed by atoms with Gasteiger partial charge in [-0.1, -0.05) is 55.8 Å². The van der Waals surface area contributed by atoms with Crippen molar-refractivity contribution in [1.82, 2.24) is 16.0 Å². The van der Waals surface area contributed by atoms with Gasteiger partial charge in [0.25, 0.3) is 5.91 Å². The third kappa shape index (κ3) is 8.10. The van der Waals surface area contributed by atoms with Crippen molar-refractivity contribution < 1.29 is 23.8 Å². The molecule has 4 rings (SSSR count). The Bertz CT molecular complexity index is 1120. The van der Waals surface area contributed by atoms with Gasteiger partial charge >= 0.3 is 6.09 Å².